The van der Waals surface area contributed by atoms with Crippen LogP contribution in [0, 0.1) is 18.3 Å². The number of rotatable bonds is 4. The van der Waals surface area contributed by atoms with Gasteiger partial charge in [0.2, 0.25) is 0 Å². The molecule has 2 aromatic rings. The summed E-state index contributed by atoms with van der Waals surface area (Å²) >= 11 is 1.84. The van der Waals surface area contributed by atoms with Crippen molar-refractivity contribution < 1.29 is 9.90 Å². The number of aliphatic hydroxyl groups is 1. The molecule has 1 aromatic heterocycles. The summed E-state index contributed by atoms with van der Waals surface area (Å²) in [6.07, 6.45) is 0. The second kappa shape index (κ2) is 6.56. The molecule has 0 saturated carbocycles. The molecule has 0 radical (unpaired) electrons. The molecule has 132 valence electrons. The Balaban J connectivity index is 1.45. The van der Waals surface area contributed by atoms with Crippen LogP contribution in [0.2, 0.25) is 0 Å². The highest BCUT2D eigenvalue weighted by atomic mass is 32.1. The van der Waals surface area contributed by atoms with Crippen molar-refractivity contribution in [3.05, 3.63) is 57.8 Å². The first-order chi connectivity index (χ1) is 12.1. The van der Waals surface area contributed by atoms with E-state index in [9.17, 15) is 9.90 Å². The predicted octanol–water partition coefficient (Wildman–Crippen LogP) is 2.62. The van der Waals surface area contributed by atoms with E-state index in [0.29, 0.717) is 12.5 Å². The molecule has 4 rings (SSSR count). The van der Waals surface area contributed by atoms with Crippen LogP contribution in [0.1, 0.15) is 20.1 Å². The number of carbonyl (C=O) groups excluding carboxylic acids is 1. The number of hydrogen-bond donors (Lipinski definition) is 1. The van der Waals surface area contributed by atoms with Gasteiger partial charge < -0.3 is 10.0 Å². The quantitative estimate of drug-likeness (QED) is 0.916. The van der Waals surface area contributed by atoms with Crippen LogP contribution in [-0.4, -0.2) is 53.6 Å². The number of nitrogens with zero attached hydrogens (tertiary/aromatic N) is 2. The van der Waals surface area contributed by atoms with E-state index in [4.69, 9.17) is 0 Å². The van der Waals surface area contributed by atoms with Crippen LogP contribution in [-0.2, 0) is 6.54 Å². The summed E-state index contributed by atoms with van der Waals surface area (Å²) in [6, 6.07) is 13.8. The number of benzene rings is 1. The zero-order valence-corrected chi connectivity index (χ0v) is 15.3. The topological polar surface area (TPSA) is 43.8 Å². The Bertz CT molecular complexity index is 760. The van der Waals surface area contributed by atoms with Crippen molar-refractivity contribution in [2.45, 2.75) is 13.5 Å². The molecule has 25 heavy (non-hydrogen) atoms. The molecule has 2 saturated heterocycles. The first kappa shape index (κ1) is 16.8. The van der Waals surface area contributed by atoms with Crippen LogP contribution in [0.25, 0.3) is 0 Å². The number of amides is 1. The molecule has 2 fully saturated rings. The number of fused-ring (bicyclic) bond motifs is 1. The standard InChI is InChI=1S/C20H24N2O2S/c1-15-7-8-18(25-15)11-21-9-17-10-22(13-20(17,12-21)14-23)19(24)16-5-3-2-4-6-16/h2-8,17,23H,9-14H2,1H3/t17-,20+/m0/s1. The lowest BCUT2D eigenvalue weighted by Crippen LogP contribution is -2.38. The molecule has 3 heterocycles. The lowest BCUT2D eigenvalue weighted by molar-refractivity contribution is 0.0719. The summed E-state index contributed by atoms with van der Waals surface area (Å²) < 4.78 is 0. The van der Waals surface area contributed by atoms with Gasteiger partial charge in [-0.05, 0) is 37.1 Å². The molecule has 5 heteroatoms. The number of aryl methyl sites for hydroxylation is 1. The number of likely N-dealkylation sites (tertiary alicyclic amines) is 2. The third-order valence-corrected chi connectivity index (χ3v) is 6.61. The minimum atomic E-state index is -0.170. The molecule has 4 nitrogen and oxygen atoms in total. The van der Waals surface area contributed by atoms with E-state index < -0.39 is 0 Å². The lowest BCUT2D eigenvalue weighted by atomic mass is 9.82. The van der Waals surface area contributed by atoms with Gasteiger partial charge in [0.15, 0.2) is 0 Å². The van der Waals surface area contributed by atoms with Crippen LogP contribution in [0.5, 0.6) is 0 Å². The fourth-order valence-electron chi connectivity index (χ4n) is 4.34. The largest absolute Gasteiger partial charge is 0.396 e. The summed E-state index contributed by atoms with van der Waals surface area (Å²) in [4.78, 5) is 19.8. The van der Waals surface area contributed by atoms with E-state index in [0.717, 1.165) is 31.7 Å². The molecule has 1 amide bonds. The average molecular weight is 356 g/mol. The fourth-order valence-corrected chi connectivity index (χ4v) is 5.28. The van der Waals surface area contributed by atoms with Gasteiger partial charge in [-0.25, -0.2) is 0 Å². The lowest BCUT2D eigenvalue weighted by Gasteiger charge is -2.27. The van der Waals surface area contributed by atoms with Crippen molar-refractivity contribution in [3.63, 3.8) is 0 Å². The molecule has 2 aliphatic rings. The van der Waals surface area contributed by atoms with E-state index in [-0.39, 0.29) is 17.9 Å². The maximum absolute atomic E-state index is 12.7. The summed E-state index contributed by atoms with van der Waals surface area (Å²) in [7, 11) is 0. The van der Waals surface area contributed by atoms with Crippen molar-refractivity contribution >= 4 is 17.2 Å². The molecule has 1 N–H and O–H groups in total. The van der Waals surface area contributed by atoms with Crippen LogP contribution in [0.3, 0.4) is 0 Å². The van der Waals surface area contributed by atoms with E-state index in [1.54, 1.807) is 0 Å². The third-order valence-electron chi connectivity index (χ3n) is 5.63. The van der Waals surface area contributed by atoms with E-state index >= 15 is 0 Å². The van der Waals surface area contributed by atoms with Gasteiger partial charge in [-0.3, -0.25) is 9.69 Å². The van der Waals surface area contributed by atoms with Gasteiger partial charge in [-0.1, -0.05) is 18.2 Å². The molecular formula is C20H24N2O2S. The van der Waals surface area contributed by atoms with Gasteiger partial charge in [-0.15, -0.1) is 11.3 Å². The normalized spacial score (nSPS) is 26.2. The van der Waals surface area contributed by atoms with Crippen molar-refractivity contribution in [1.29, 1.82) is 0 Å². The van der Waals surface area contributed by atoms with Crippen molar-refractivity contribution in [2.75, 3.05) is 32.8 Å². The summed E-state index contributed by atoms with van der Waals surface area (Å²) in [6.45, 7) is 6.45. The Morgan fingerprint density at radius 3 is 2.64 bits per heavy atom. The third kappa shape index (κ3) is 3.12. The number of aliphatic hydroxyl groups excluding tert-OH is 1. The van der Waals surface area contributed by atoms with Crippen LogP contribution in [0.15, 0.2) is 42.5 Å². The average Bonchev–Trinajstić information content (AvgIpc) is 3.27. The van der Waals surface area contributed by atoms with Crippen molar-refractivity contribution in [1.82, 2.24) is 9.80 Å². The maximum atomic E-state index is 12.7. The van der Waals surface area contributed by atoms with Crippen LogP contribution < -0.4 is 0 Å². The molecule has 0 bridgehead atoms. The summed E-state index contributed by atoms with van der Waals surface area (Å²) in [5, 5.41) is 10.1. The van der Waals surface area contributed by atoms with E-state index in [1.807, 2.05) is 46.6 Å². The summed E-state index contributed by atoms with van der Waals surface area (Å²) in [5.74, 6) is 0.439. The predicted molar refractivity (Wildman–Crippen MR) is 99.7 cm³/mol. The number of carbonyl (C=O) groups is 1. The van der Waals surface area contributed by atoms with E-state index in [1.165, 1.54) is 9.75 Å². The smallest absolute Gasteiger partial charge is 0.253 e. The number of thiophene rings is 1. The van der Waals surface area contributed by atoms with Gasteiger partial charge in [0.25, 0.3) is 5.91 Å². The molecule has 0 spiro atoms. The monoisotopic (exact) mass is 356 g/mol. The zero-order chi connectivity index (χ0) is 17.4. The minimum Gasteiger partial charge on any atom is -0.396 e. The Kier molecular flexibility index (Phi) is 4.40. The van der Waals surface area contributed by atoms with E-state index in [2.05, 4.69) is 24.0 Å². The second-order valence-electron chi connectivity index (χ2n) is 7.45. The van der Waals surface area contributed by atoms with Crippen LogP contribution >= 0.6 is 11.3 Å². The highest BCUT2D eigenvalue weighted by molar-refractivity contribution is 7.11. The van der Waals surface area contributed by atoms with Crippen molar-refractivity contribution in [3.8, 4) is 0 Å². The minimum absolute atomic E-state index is 0.0863. The SMILES string of the molecule is Cc1ccc(CN2C[C@H]3CN(C(=O)c4ccccc4)C[C@@]3(CO)C2)s1. The highest BCUT2D eigenvalue weighted by Crippen LogP contribution is 2.43. The van der Waals surface area contributed by atoms with Gasteiger partial charge >= 0.3 is 0 Å². The first-order valence-electron chi connectivity index (χ1n) is 8.82. The van der Waals surface area contributed by atoms with Gasteiger partial charge in [-0.2, -0.15) is 0 Å². The highest BCUT2D eigenvalue weighted by Gasteiger charge is 2.53. The Labute approximate surface area is 152 Å². The van der Waals surface area contributed by atoms with Gasteiger partial charge in [0, 0.05) is 53.5 Å². The molecule has 0 unspecified atom stereocenters. The second-order valence-corrected chi connectivity index (χ2v) is 8.82. The molecular weight excluding hydrogens is 332 g/mol. The van der Waals surface area contributed by atoms with Gasteiger partial charge in [0.1, 0.15) is 0 Å². The molecule has 2 atom stereocenters. The Morgan fingerprint density at radius 2 is 2.00 bits per heavy atom. The molecule has 1 aromatic carbocycles. The maximum Gasteiger partial charge on any atom is 0.253 e. The Morgan fingerprint density at radius 1 is 1.20 bits per heavy atom. The summed E-state index contributed by atoms with van der Waals surface area (Å²) in [5.41, 5.74) is 0.568. The van der Waals surface area contributed by atoms with Crippen LogP contribution in [0.4, 0.5) is 0 Å². The first-order valence-corrected chi connectivity index (χ1v) is 9.64. The molecule has 0 aliphatic carbocycles. The molecule has 2 aliphatic heterocycles. The van der Waals surface area contributed by atoms with Crippen molar-refractivity contribution in [2.24, 2.45) is 11.3 Å². The zero-order valence-electron chi connectivity index (χ0n) is 14.5. The fraction of sp³-hybridized carbons (Fsp3) is 0.450. The Hall–Kier alpha value is -1.69. The number of hydrogen-bond acceptors (Lipinski definition) is 4. The van der Waals surface area contributed by atoms with Gasteiger partial charge in [0.05, 0.1) is 6.61 Å².